The molecule has 3 heteroatoms. The van der Waals surface area contributed by atoms with E-state index in [0.29, 0.717) is 6.04 Å². The zero-order valence-corrected chi connectivity index (χ0v) is 7.23. The van der Waals surface area contributed by atoms with Gasteiger partial charge >= 0.3 is 0 Å². The third-order valence-electron chi connectivity index (χ3n) is 2.04. The summed E-state index contributed by atoms with van der Waals surface area (Å²) in [6.07, 6.45) is 2.65. The third-order valence-corrected chi connectivity index (χ3v) is 2.04. The zero-order valence-electron chi connectivity index (χ0n) is 7.23. The molecule has 0 aromatic heterocycles. The van der Waals surface area contributed by atoms with Crippen molar-refractivity contribution in [3.05, 3.63) is 0 Å². The standard InChI is InChI=1S/C8H18N2O/c1-11-6-5-9-7-8-3-2-4-10-8/h8-10H,2-7H2,1H3. The molecule has 2 N–H and O–H groups in total. The summed E-state index contributed by atoms with van der Waals surface area (Å²) in [5.74, 6) is 0. The van der Waals surface area contributed by atoms with Crippen LogP contribution in [-0.4, -0.2) is 39.4 Å². The maximum Gasteiger partial charge on any atom is 0.0587 e. The molecule has 1 atom stereocenters. The highest BCUT2D eigenvalue weighted by Crippen LogP contribution is 2.02. The van der Waals surface area contributed by atoms with E-state index in [-0.39, 0.29) is 0 Å². The van der Waals surface area contributed by atoms with E-state index in [4.69, 9.17) is 4.74 Å². The van der Waals surface area contributed by atoms with Gasteiger partial charge < -0.3 is 15.4 Å². The topological polar surface area (TPSA) is 33.3 Å². The molecule has 0 bridgehead atoms. The van der Waals surface area contributed by atoms with Crippen LogP contribution in [0.1, 0.15) is 12.8 Å². The summed E-state index contributed by atoms with van der Waals surface area (Å²) in [5, 5.41) is 6.77. The Hall–Kier alpha value is -0.120. The van der Waals surface area contributed by atoms with Gasteiger partial charge in [-0.05, 0) is 19.4 Å². The van der Waals surface area contributed by atoms with Crippen LogP contribution in [0.5, 0.6) is 0 Å². The van der Waals surface area contributed by atoms with Crippen LogP contribution in [0.25, 0.3) is 0 Å². The van der Waals surface area contributed by atoms with Crippen molar-refractivity contribution in [2.45, 2.75) is 18.9 Å². The first-order chi connectivity index (χ1) is 5.43. The average molecular weight is 158 g/mol. The predicted molar refractivity (Wildman–Crippen MR) is 45.8 cm³/mol. The molecule has 1 aliphatic heterocycles. The van der Waals surface area contributed by atoms with Crippen molar-refractivity contribution in [2.75, 3.05) is 33.4 Å². The van der Waals surface area contributed by atoms with Crippen molar-refractivity contribution in [3.8, 4) is 0 Å². The van der Waals surface area contributed by atoms with Gasteiger partial charge in [-0.1, -0.05) is 0 Å². The summed E-state index contributed by atoms with van der Waals surface area (Å²) in [6, 6.07) is 0.701. The van der Waals surface area contributed by atoms with Crippen LogP contribution in [0.4, 0.5) is 0 Å². The minimum atomic E-state index is 0.701. The molecule has 0 saturated carbocycles. The zero-order chi connectivity index (χ0) is 7.94. The van der Waals surface area contributed by atoms with E-state index >= 15 is 0 Å². The van der Waals surface area contributed by atoms with Gasteiger partial charge in [-0.15, -0.1) is 0 Å². The van der Waals surface area contributed by atoms with Gasteiger partial charge in [0.25, 0.3) is 0 Å². The second-order valence-electron chi connectivity index (χ2n) is 2.99. The summed E-state index contributed by atoms with van der Waals surface area (Å²) in [5.41, 5.74) is 0. The SMILES string of the molecule is COCCNCC1CCCN1. The Labute approximate surface area is 68.5 Å². The molecule has 0 radical (unpaired) electrons. The van der Waals surface area contributed by atoms with Gasteiger partial charge in [0.15, 0.2) is 0 Å². The van der Waals surface area contributed by atoms with Crippen LogP contribution >= 0.6 is 0 Å². The van der Waals surface area contributed by atoms with Gasteiger partial charge in [0.05, 0.1) is 6.61 Å². The first-order valence-electron chi connectivity index (χ1n) is 4.36. The van der Waals surface area contributed by atoms with E-state index in [9.17, 15) is 0 Å². The normalized spacial score (nSPS) is 24.3. The van der Waals surface area contributed by atoms with Crippen molar-refractivity contribution in [1.29, 1.82) is 0 Å². The van der Waals surface area contributed by atoms with E-state index in [2.05, 4.69) is 10.6 Å². The lowest BCUT2D eigenvalue weighted by Crippen LogP contribution is -2.35. The molecule has 3 nitrogen and oxygen atoms in total. The van der Waals surface area contributed by atoms with E-state index in [1.165, 1.54) is 19.4 Å². The fourth-order valence-electron chi connectivity index (χ4n) is 1.38. The van der Waals surface area contributed by atoms with Crippen LogP contribution in [0.3, 0.4) is 0 Å². The quantitative estimate of drug-likeness (QED) is 0.551. The van der Waals surface area contributed by atoms with Crippen molar-refractivity contribution < 1.29 is 4.74 Å². The largest absolute Gasteiger partial charge is 0.383 e. The lowest BCUT2D eigenvalue weighted by atomic mass is 10.2. The van der Waals surface area contributed by atoms with E-state index in [1.54, 1.807) is 7.11 Å². The van der Waals surface area contributed by atoms with Gasteiger partial charge in [0.1, 0.15) is 0 Å². The highest BCUT2D eigenvalue weighted by atomic mass is 16.5. The Kier molecular flexibility index (Phi) is 4.50. The summed E-state index contributed by atoms with van der Waals surface area (Å²) in [7, 11) is 1.73. The maximum atomic E-state index is 4.92. The van der Waals surface area contributed by atoms with Gasteiger partial charge in [-0.25, -0.2) is 0 Å². The van der Waals surface area contributed by atoms with Crippen LogP contribution in [0, 0.1) is 0 Å². The average Bonchev–Trinajstić information content (AvgIpc) is 2.50. The second-order valence-corrected chi connectivity index (χ2v) is 2.99. The molecule has 1 fully saturated rings. The van der Waals surface area contributed by atoms with Crippen LogP contribution < -0.4 is 10.6 Å². The minimum Gasteiger partial charge on any atom is -0.383 e. The summed E-state index contributed by atoms with van der Waals surface area (Å²) in [4.78, 5) is 0. The van der Waals surface area contributed by atoms with Crippen molar-refractivity contribution >= 4 is 0 Å². The number of hydrogen-bond donors (Lipinski definition) is 2. The highest BCUT2D eigenvalue weighted by Gasteiger charge is 2.12. The first-order valence-corrected chi connectivity index (χ1v) is 4.36. The molecule has 0 spiro atoms. The highest BCUT2D eigenvalue weighted by molar-refractivity contribution is 4.75. The second kappa shape index (κ2) is 5.52. The number of ether oxygens (including phenoxy) is 1. The van der Waals surface area contributed by atoms with Crippen LogP contribution in [0.15, 0.2) is 0 Å². The molecule has 1 aliphatic rings. The first kappa shape index (κ1) is 8.97. The van der Waals surface area contributed by atoms with E-state index < -0.39 is 0 Å². The summed E-state index contributed by atoms with van der Waals surface area (Å²) < 4.78 is 4.92. The van der Waals surface area contributed by atoms with Crippen LogP contribution in [0.2, 0.25) is 0 Å². The predicted octanol–water partition coefficient (Wildman–Crippen LogP) is -0.0256. The molecule has 0 aromatic rings. The smallest absolute Gasteiger partial charge is 0.0587 e. The molecule has 1 unspecified atom stereocenters. The van der Waals surface area contributed by atoms with Gasteiger partial charge in [0.2, 0.25) is 0 Å². The molecule has 11 heavy (non-hydrogen) atoms. The van der Waals surface area contributed by atoms with Gasteiger partial charge in [-0.2, -0.15) is 0 Å². The Morgan fingerprint density at radius 2 is 2.55 bits per heavy atom. The number of rotatable bonds is 5. The number of hydrogen-bond acceptors (Lipinski definition) is 3. The molecular weight excluding hydrogens is 140 g/mol. The number of nitrogens with one attached hydrogen (secondary N) is 2. The summed E-state index contributed by atoms with van der Waals surface area (Å²) >= 11 is 0. The van der Waals surface area contributed by atoms with Crippen molar-refractivity contribution in [3.63, 3.8) is 0 Å². The Balaban J connectivity index is 1.86. The van der Waals surface area contributed by atoms with E-state index in [0.717, 1.165) is 19.7 Å². The van der Waals surface area contributed by atoms with Crippen molar-refractivity contribution in [1.82, 2.24) is 10.6 Å². The molecule has 0 aromatic carbocycles. The minimum absolute atomic E-state index is 0.701. The third kappa shape index (κ3) is 3.70. The van der Waals surface area contributed by atoms with Gasteiger partial charge in [0, 0.05) is 26.2 Å². The lowest BCUT2D eigenvalue weighted by Gasteiger charge is -2.10. The number of methoxy groups -OCH3 is 1. The lowest BCUT2D eigenvalue weighted by molar-refractivity contribution is 0.198. The summed E-state index contributed by atoms with van der Waals surface area (Å²) in [6.45, 7) is 4.06. The molecular formula is C8H18N2O. The molecule has 66 valence electrons. The fraction of sp³-hybridized carbons (Fsp3) is 1.00. The monoisotopic (exact) mass is 158 g/mol. The molecule has 1 heterocycles. The Morgan fingerprint density at radius 3 is 3.18 bits per heavy atom. The van der Waals surface area contributed by atoms with Crippen LogP contribution in [-0.2, 0) is 4.74 Å². The van der Waals surface area contributed by atoms with Crippen molar-refractivity contribution in [2.24, 2.45) is 0 Å². The molecule has 1 rings (SSSR count). The van der Waals surface area contributed by atoms with E-state index in [1.807, 2.05) is 0 Å². The molecule has 0 aliphatic carbocycles. The molecule has 1 saturated heterocycles. The fourth-order valence-corrected chi connectivity index (χ4v) is 1.38. The molecule has 0 amide bonds. The maximum absolute atomic E-state index is 4.92. The Bertz CT molecular complexity index is 92.1. The van der Waals surface area contributed by atoms with Gasteiger partial charge in [-0.3, -0.25) is 0 Å². The Morgan fingerprint density at radius 1 is 1.64 bits per heavy atom.